The van der Waals surface area contributed by atoms with Gasteiger partial charge in [0.1, 0.15) is 11.5 Å². The predicted molar refractivity (Wildman–Crippen MR) is 118 cm³/mol. The first-order chi connectivity index (χ1) is 14.2. The molecule has 0 aromatic heterocycles. The summed E-state index contributed by atoms with van der Waals surface area (Å²) in [5.74, 6) is 1.54. The Morgan fingerprint density at radius 3 is 1.76 bits per heavy atom. The number of hydrogen-bond acceptors (Lipinski definition) is 2. The van der Waals surface area contributed by atoms with Crippen LogP contribution in [0.2, 0.25) is 0 Å². The van der Waals surface area contributed by atoms with Crippen molar-refractivity contribution in [2.45, 2.75) is 20.1 Å². The number of benzene rings is 4. The molecule has 4 aromatic carbocycles. The van der Waals surface area contributed by atoms with Crippen molar-refractivity contribution in [1.29, 1.82) is 0 Å². The lowest BCUT2D eigenvalue weighted by Gasteiger charge is -2.21. The molecule has 0 aliphatic carbocycles. The second-order valence-electron chi connectivity index (χ2n) is 7.19. The van der Waals surface area contributed by atoms with Crippen molar-refractivity contribution in [3.8, 4) is 22.6 Å². The number of hydrogen-bond donors (Lipinski definition) is 0. The molecule has 1 unspecified atom stereocenters. The fourth-order valence-electron chi connectivity index (χ4n) is 3.18. The molecule has 2 heteroatoms. The Labute approximate surface area is 172 Å². The summed E-state index contributed by atoms with van der Waals surface area (Å²) in [7, 11) is 0. The first-order valence-corrected chi connectivity index (χ1v) is 9.79. The SMILES string of the molecule is Cc1ccc(OC(Oc2ccc(-c3cccc(C)c3)cc2)c2ccccc2)cc1. The summed E-state index contributed by atoms with van der Waals surface area (Å²) >= 11 is 0. The van der Waals surface area contributed by atoms with Crippen molar-refractivity contribution in [2.75, 3.05) is 0 Å². The zero-order valence-corrected chi connectivity index (χ0v) is 16.7. The molecule has 0 aliphatic heterocycles. The van der Waals surface area contributed by atoms with Crippen LogP contribution in [-0.2, 0) is 0 Å². The fourth-order valence-corrected chi connectivity index (χ4v) is 3.18. The van der Waals surface area contributed by atoms with Gasteiger partial charge in [-0.2, -0.15) is 0 Å². The highest BCUT2D eigenvalue weighted by molar-refractivity contribution is 5.64. The van der Waals surface area contributed by atoms with Gasteiger partial charge in [-0.1, -0.05) is 90.0 Å². The maximum atomic E-state index is 6.23. The highest BCUT2D eigenvalue weighted by atomic mass is 16.7. The van der Waals surface area contributed by atoms with Crippen LogP contribution in [0.5, 0.6) is 11.5 Å². The Bertz CT molecular complexity index is 1050. The molecule has 0 N–H and O–H groups in total. The number of rotatable bonds is 6. The Kier molecular flexibility index (Phi) is 5.62. The minimum absolute atomic E-state index is 0.524. The van der Waals surface area contributed by atoms with Gasteiger partial charge in [0.25, 0.3) is 6.29 Å². The summed E-state index contributed by atoms with van der Waals surface area (Å²) in [6.07, 6.45) is -0.524. The third-order valence-electron chi connectivity index (χ3n) is 4.78. The second kappa shape index (κ2) is 8.66. The molecule has 4 aromatic rings. The molecule has 1 atom stereocenters. The Hall–Kier alpha value is -3.52. The molecule has 29 heavy (non-hydrogen) atoms. The van der Waals surface area contributed by atoms with Crippen molar-refractivity contribution in [3.63, 3.8) is 0 Å². The Morgan fingerprint density at radius 2 is 1.14 bits per heavy atom. The predicted octanol–water partition coefficient (Wildman–Crippen LogP) is 7.13. The molecule has 0 amide bonds. The van der Waals surface area contributed by atoms with Gasteiger partial charge in [-0.25, -0.2) is 0 Å². The zero-order valence-electron chi connectivity index (χ0n) is 16.7. The molecule has 144 valence electrons. The highest BCUT2D eigenvalue weighted by Crippen LogP contribution is 2.28. The summed E-state index contributed by atoms with van der Waals surface area (Å²) in [5, 5.41) is 0. The van der Waals surface area contributed by atoms with E-state index in [0.717, 1.165) is 22.6 Å². The van der Waals surface area contributed by atoms with Gasteiger partial charge in [0.05, 0.1) is 0 Å². The average molecular weight is 380 g/mol. The maximum absolute atomic E-state index is 6.23. The lowest BCUT2D eigenvalue weighted by molar-refractivity contribution is 0.00382. The lowest BCUT2D eigenvalue weighted by Crippen LogP contribution is -2.15. The molecule has 0 spiro atoms. The van der Waals surface area contributed by atoms with E-state index in [-0.39, 0.29) is 0 Å². The van der Waals surface area contributed by atoms with Crippen LogP contribution in [0.25, 0.3) is 11.1 Å². The molecular formula is C27H24O2. The summed E-state index contributed by atoms with van der Waals surface area (Å²) < 4.78 is 12.4. The topological polar surface area (TPSA) is 18.5 Å². The minimum atomic E-state index is -0.524. The van der Waals surface area contributed by atoms with Crippen LogP contribution in [0.3, 0.4) is 0 Å². The van der Waals surface area contributed by atoms with Crippen LogP contribution in [0.15, 0.2) is 103 Å². The molecular weight excluding hydrogens is 356 g/mol. The van der Waals surface area contributed by atoms with E-state index >= 15 is 0 Å². The van der Waals surface area contributed by atoms with Crippen LogP contribution in [0.4, 0.5) is 0 Å². The minimum Gasteiger partial charge on any atom is -0.451 e. The number of ether oxygens (including phenoxy) is 2. The third-order valence-corrected chi connectivity index (χ3v) is 4.78. The standard InChI is InChI=1S/C27H24O2/c1-20-11-15-25(16-12-20)28-27(23-8-4-3-5-9-23)29-26-17-13-22(14-18-26)24-10-6-7-21(2)19-24/h3-19,27H,1-2H3. The van der Waals surface area contributed by atoms with Crippen molar-refractivity contribution in [3.05, 3.63) is 120 Å². The molecule has 0 radical (unpaired) electrons. The first-order valence-electron chi connectivity index (χ1n) is 9.79. The van der Waals surface area contributed by atoms with Crippen LogP contribution in [-0.4, -0.2) is 0 Å². The molecule has 0 heterocycles. The van der Waals surface area contributed by atoms with Crippen molar-refractivity contribution >= 4 is 0 Å². The van der Waals surface area contributed by atoms with Crippen LogP contribution in [0, 0.1) is 13.8 Å². The van der Waals surface area contributed by atoms with E-state index in [4.69, 9.17) is 9.47 Å². The largest absolute Gasteiger partial charge is 0.451 e. The van der Waals surface area contributed by atoms with Crippen molar-refractivity contribution in [2.24, 2.45) is 0 Å². The van der Waals surface area contributed by atoms with Crippen molar-refractivity contribution < 1.29 is 9.47 Å². The van der Waals surface area contributed by atoms with Crippen LogP contribution < -0.4 is 9.47 Å². The highest BCUT2D eigenvalue weighted by Gasteiger charge is 2.15. The van der Waals surface area contributed by atoms with Gasteiger partial charge in [-0.3, -0.25) is 0 Å². The normalized spacial score (nSPS) is 11.7. The third kappa shape index (κ3) is 4.85. The molecule has 0 saturated carbocycles. The molecule has 2 nitrogen and oxygen atoms in total. The van der Waals surface area contributed by atoms with E-state index in [1.54, 1.807) is 0 Å². The Balaban J connectivity index is 1.56. The average Bonchev–Trinajstić information content (AvgIpc) is 2.76. The summed E-state index contributed by atoms with van der Waals surface area (Å²) in [6.45, 7) is 4.17. The number of aryl methyl sites for hydroxylation is 2. The van der Waals surface area contributed by atoms with Crippen LogP contribution in [0.1, 0.15) is 23.0 Å². The smallest absolute Gasteiger partial charge is 0.267 e. The van der Waals surface area contributed by atoms with Gasteiger partial charge in [0.2, 0.25) is 0 Å². The molecule has 4 rings (SSSR count). The van der Waals surface area contributed by atoms with E-state index in [2.05, 4.69) is 50.2 Å². The summed E-state index contributed by atoms with van der Waals surface area (Å²) in [4.78, 5) is 0. The van der Waals surface area contributed by atoms with E-state index in [9.17, 15) is 0 Å². The second-order valence-corrected chi connectivity index (χ2v) is 7.19. The molecule has 0 bridgehead atoms. The maximum Gasteiger partial charge on any atom is 0.267 e. The van der Waals surface area contributed by atoms with Gasteiger partial charge < -0.3 is 9.47 Å². The summed E-state index contributed by atoms with van der Waals surface area (Å²) in [5.41, 5.74) is 5.78. The van der Waals surface area contributed by atoms with Gasteiger partial charge in [0, 0.05) is 5.56 Å². The molecule has 0 aliphatic rings. The summed E-state index contributed by atoms with van der Waals surface area (Å²) in [6, 6.07) is 34.6. The lowest BCUT2D eigenvalue weighted by atomic mass is 10.0. The van der Waals surface area contributed by atoms with Crippen LogP contribution >= 0.6 is 0 Å². The van der Waals surface area contributed by atoms with Gasteiger partial charge >= 0.3 is 0 Å². The fraction of sp³-hybridized carbons (Fsp3) is 0.111. The van der Waals surface area contributed by atoms with Crippen molar-refractivity contribution in [1.82, 2.24) is 0 Å². The van der Waals surface area contributed by atoms with Gasteiger partial charge in [-0.05, 0) is 49.2 Å². The van der Waals surface area contributed by atoms with Gasteiger partial charge in [-0.15, -0.1) is 0 Å². The Morgan fingerprint density at radius 1 is 0.517 bits per heavy atom. The molecule has 0 fully saturated rings. The van der Waals surface area contributed by atoms with E-state index in [0.29, 0.717) is 0 Å². The monoisotopic (exact) mass is 380 g/mol. The van der Waals surface area contributed by atoms with E-state index in [1.807, 2.05) is 66.7 Å². The van der Waals surface area contributed by atoms with Gasteiger partial charge in [0.15, 0.2) is 0 Å². The van der Waals surface area contributed by atoms with E-state index < -0.39 is 6.29 Å². The zero-order chi connectivity index (χ0) is 20.1. The van der Waals surface area contributed by atoms with E-state index in [1.165, 1.54) is 16.7 Å². The first kappa shape index (κ1) is 18.8. The molecule has 0 saturated heterocycles. The quantitative estimate of drug-likeness (QED) is 0.331.